The van der Waals surface area contributed by atoms with Crippen LogP contribution in [0.1, 0.15) is 17.5 Å². The smallest absolute Gasteiger partial charge is 0.351 e. The minimum absolute atomic E-state index is 0.0183. The van der Waals surface area contributed by atoms with Crippen LogP contribution in [0.2, 0.25) is 0 Å². The third-order valence-electron chi connectivity index (χ3n) is 4.00. The van der Waals surface area contributed by atoms with Crippen molar-refractivity contribution in [3.63, 3.8) is 0 Å². The first kappa shape index (κ1) is 19.1. The Labute approximate surface area is 160 Å². The van der Waals surface area contributed by atoms with E-state index in [1.54, 1.807) is 18.2 Å². The van der Waals surface area contributed by atoms with Crippen LogP contribution in [0.5, 0.6) is 5.75 Å². The van der Waals surface area contributed by atoms with E-state index in [-0.39, 0.29) is 10.7 Å². The molecule has 0 saturated carbocycles. The largest absolute Gasteiger partial charge is 0.491 e. The zero-order valence-electron chi connectivity index (χ0n) is 15.0. The second-order valence-corrected chi connectivity index (χ2v) is 7.23. The molecule has 2 aromatic carbocycles. The minimum Gasteiger partial charge on any atom is -0.491 e. The molecule has 0 radical (unpaired) electrons. The van der Waals surface area contributed by atoms with E-state index in [9.17, 15) is 9.00 Å². The summed E-state index contributed by atoms with van der Waals surface area (Å²) in [7, 11) is -0.405. The van der Waals surface area contributed by atoms with Gasteiger partial charge in [-0.05, 0) is 36.7 Å². The van der Waals surface area contributed by atoms with Gasteiger partial charge in [-0.1, -0.05) is 30.3 Å². The Morgan fingerprint density at radius 1 is 1.11 bits per heavy atom. The van der Waals surface area contributed by atoms with Gasteiger partial charge in [-0.15, -0.1) is 0 Å². The van der Waals surface area contributed by atoms with Crippen molar-refractivity contribution in [1.29, 1.82) is 0 Å². The fourth-order valence-electron chi connectivity index (χ4n) is 2.66. The van der Waals surface area contributed by atoms with E-state index >= 15 is 0 Å². The molecule has 0 aromatic heterocycles. The number of carbonyl (C=O) groups is 1. The molecule has 6 nitrogen and oxygen atoms in total. The molecular weight excluding hydrogens is 366 g/mol. The summed E-state index contributed by atoms with van der Waals surface area (Å²) in [5.74, 6) is 0.202. The summed E-state index contributed by atoms with van der Waals surface area (Å²) in [6.07, 6.45) is 0.615. The van der Waals surface area contributed by atoms with Crippen molar-refractivity contribution in [3.05, 3.63) is 64.6 Å². The Kier molecular flexibility index (Phi) is 6.26. The van der Waals surface area contributed by atoms with Crippen LogP contribution in [0.4, 0.5) is 0 Å². The first-order valence-corrected chi connectivity index (χ1v) is 9.69. The number of esters is 1. The van der Waals surface area contributed by atoms with E-state index in [4.69, 9.17) is 19.9 Å². The Morgan fingerprint density at radius 3 is 2.59 bits per heavy atom. The van der Waals surface area contributed by atoms with Gasteiger partial charge in [-0.2, -0.15) is 0 Å². The second-order valence-electron chi connectivity index (χ2n) is 5.84. The van der Waals surface area contributed by atoms with Gasteiger partial charge in [-0.25, -0.2) is 9.00 Å². The van der Waals surface area contributed by atoms with Crippen molar-refractivity contribution < 1.29 is 23.2 Å². The molecule has 7 heteroatoms. The average Bonchev–Trinajstić information content (AvgIpc) is 2.98. The number of rotatable bonds is 8. The molecule has 2 aromatic rings. The molecule has 142 valence electrons. The average molecular weight is 387 g/mol. The number of methoxy groups -OCH3 is 1. The minimum atomic E-state index is -1.66. The number of fused-ring (bicyclic) bond motifs is 1. The third kappa shape index (κ3) is 4.20. The van der Waals surface area contributed by atoms with E-state index in [0.717, 1.165) is 5.56 Å². The number of benzene rings is 2. The molecule has 3 rings (SSSR count). The lowest BCUT2D eigenvalue weighted by atomic mass is 10.1. The Hall–Kier alpha value is -2.64. The van der Waals surface area contributed by atoms with Crippen molar-refractivity contribution in [2.24, 2.45) is 5.73 Å². The van der Waals surface area contributed by atoms with E-state index < -0.39 is 16.8 Å². The van der Waals surface area contributed by atoms with E-state index in [1.165, 1.54) is 7.11 Å². The maximum absolute atomic E-state index is 12.7. The Balaban J connectivity index is 1.88. The zero-order chi connectivity index (χ0) is 19.2. The molecular formula is C20H21NO5S. The summed E-state index contributed by atoms with van der Waals surface area (Å²) in [5.41, 5.74) is 7.12. The molecule has 1 atom stereocenters. The Morgan fingerprint density at radius 2 is 1.89 bits per heavy atom. The molecule has 0 spiro atoms. The van der Waals surface area contributed by atoms with Gasteiger partial charge in [0.2, 0.25) is 0 Å². The number of hydrogen-bond donors (Lipinski definition) is 1. The third-order valence-corrected chi connectivity index (χ3v) is 5.48. The van der Waals surface area contributed by atoms with Gasteiger partial charge in [-0.3, -0.25) is 0 Å². The van der Waals surface area contributed by atoms with Crippen LogP contribution in [0, 0.1) is 0 Å². The zero-order valence-corrected chi connectivity index (χ0v) is 15.8. The highest BCUT2D eigenvalue weighted by Gasteiger charge is 2.35. The van der Waals surface area contributed by atoms with Crippen LogP contribution >= 0.6 is 0 Å². The number of ether oxygens (including phenoxy) is 3. The van der Waals surface area contributed by atoms with Crippen molar-refractivity contribution in [3.8, 4) is 5.75 Å². The maximum Gasteiger partial charge on any atom is 0.351 e. The molecule has 0 amide bonds. The van der Waals surface area contributed by atoms with Crippen LogP contribution in [-0.2, 0) is 31.7 Å². The van der Waals surface area contributed by atoms with Gasteiger partial charge in [0.15, 0.2) is 10.7 Å². The van der Waals surface area contributed by atoms with E-state index in [0.29, 0.717) is 42.4 Å². The SMILES string of the molecule is COC(=O)C1=C(OCCCN)c2cc(OCc3ccccc3)ccc2S1=O. The highest BCUT2D eigenvalue weighted by molar-refractivity contribution is 7.90. The predicted octanol–water partition coefficient (Wildman–Crippen LogP) is 2.59. The maximum atomic E-state index is 12.7. The lowest BCUT2D eigenvalue weighted by Crippen LogP contribution is -2.10. The van der Waals surface area contributed by atoms with Crippen molar-refractivity contribution in [2.45, 2.75) is 17.9 Å². The standard InChI is InChI=1S/C20H21NO5S/c1-24-20(22)19-18(25-11-5-10-21)16-12-15(8-9-17(16)27(19)23)26-13-14-6-3-2-4-7-14/h2-4,6-9,12H,5,10-11,13,21H2,1H3. The summed E-state index contributed by atoms with van der Waals surface area (Å²) >= 11 is 0. The first-order chi connectivity index (χ1) is 13.2. The Bertz CT molecular complexity index is 879. The predicted molar refractivity (Wildman–Crippen MR) is 102 cm³/mol. The normalized spacial score (nSPS) is 15.4. The molecule has 1 aliphatic rings. The van der Waals surface area contributed by atoms with Gasteiger partial charge in [0.25, 0.3) is 0 Å². The van der Waals surface area contributed by atoms with Gasteiger partial charge < -0.3 is 19.9 Å². The van der Waals surface area contributed by atoms with Gasteiger partial charge in [0.05, 0.1) is 29.4 Å². The van der Waals surface area contributed by atoms with Crippen LogP contribution in [0.25, 0.3) is 5.76 Å². The molecule has 1 heterocycles. The highest BCUT2D eigenvalue weighted by Crippen LogP contribution is 2.39. The molecule has 0 bridgehead atoms. The monoisotopic (exact) mass is 387 g/mol. The van der Waals surface area contributed by atoms with Crippen LogP contribution in [0.3, 0.4) is 0 Å². The number of carbonyl (C=O) groups excluding carboxylic acids is 1. The van der Waals surface area contributed by atoms with Gasteiger partial charge in [0.1, 0.15) is 12.4 Å². The summed E-state index contributed by atoms with van der Waals surface area (Å²) in [4.78, 5) is 12.6. The molecule has 0 aliphatic carbocycles. The molecule has 1 unspecified atom stereocenters. The van der Waals surface area contributed by atoms with Crippen LogP contribution in [-0.4, -0.2) is 30.4 Å². The second kappa shape index (κ2) is 8.83. The molecule has 0 saturated heterocycles. The topological polar surface area (TPSA) is 87.8 Å². The fraction of sp³-hybridized carbons (Fsp3) is 0.250. The fourth-order valence-corrected chi connectivity index (χ4v) is 3.99. The first-order valence-electron chi connectivity index (χ1n) is 8.54. The summed E-state index contributed by atoms with van der Waals surface area (Å²) in [6, 6.07) is 14.9. The van der Waals surface area contributed by atoms with Crippen LogP contribution < -0.4 is 10.5 Å². The highest BCUT2D eigenvalue weighted by atomic mass is 32.2. The molecule has 27 heavy (non-hydrogen) atoms. The lowest BCUT2D eigenvalue weighted by molar-refractivity contribution is -0.135. The quantitative estimate of drug-likeness (QED) is 0.553. The van der Waals surface area contributed by atoms with E-state index in [1.807, 2.05) is 30.3 Å². The molecule has 2 N–H and O–H groups in total. The molecule has 1 aliphatic heterocycles. The van der Waals surface area contributed by atoms with Crippen molar-refractivity contribution in [2.75, 3.05) is 20.3 Å². The van der Waals surface area contributed by atoms with Crippen molar-refractivity contribution >= 4 is 22.5 Å². The van der Waals surface area contributed by atoms with Gasteiger partial charge >= 0.3 is 5.97 Å². The summed E-state index contributed by atoms with van der Waals surface area (Å²) in [5, 5.41) is 0. The van der Waals surface area contributed by atoms with Crippen LogP contribution in [0.15, 0.2) is 58.3 Å². The number of hydrogen-bond acceptors (Lipinski definition) is 6. The molecule has 0 fully saturated rings. The summed E-state index contributed by atoms with van der Waals surface area (Å²) in [6.45, 7) is 1.18. The summed E-state index contributed by atoms with van der Waals surface area (Å²) < 4.78 is 29.1. The van der Waals surface area contributed by atoms with Gasteiger partial charge in [0, 0.05) is 5.56 Å². The van der Waals surface area contributed by atoms with E-state index in [2.05, 4.69) is 0 Å². The number of nitrogens with two attached hydrogens (primary N) is 1. The lowest BCUT2D eigenvalue weighted by Gasteiger charge is -2.11. The van der Waals surface area contributed by atoms with Crippen molar-refractivity contribution in [1.82, 2.24) is 0 Å².